The minimum Gasteiger partial charge on any atom is -0.356 e. The normalized spacial score (nSPS) is 16.8. The lowest BCUT2D eigenvalue weighted by atomic mass is 9.76. The summed E-state index contributed by atoms with van der Waals surface area (Å²) < 4.78 is 0. The molecule has 1 aromatic carbocycles. The highest BCUT2D eigenvalue weighted by molar-refractivity contribution is 14.0. The third-order valence-corrected chi connectivity index (χ3v) is 6.31. The Morgan fingerprint density at radius 3 is 2.41 bits per heavy atom. The number of nitrogens with one attached hydrogen (secondary N) is 2. The van der Waals surface area contributed by atoms with Crippen LogP contribution in [0.3, 0.4) is 0 Å². The Balaban J connectivity index is 0.00000420. The van der Waals surface area contributed by atoms with E-state index in [9.17, 15) is 0 Å². The highest BCUT2D eigenvalue weighted by atomic mass is 127. The predicted octanol–water partition coefficient (Wildman–Crippen LogP) is 3.56. The Bertz CT molecular complexity index is 574. The molecule has 0 unspecified atom stereocenters. The van der Waals surface area contributed by atoms with E-state index in [0.29, 0.717) is 0 Å². The fourth-order valence-electron chi connectivity index (χ4n) is 4.11. The van der Waals surface area contributed by atoms with Gasteiger partial charge < -0.3 is 20.4 Å². The third kappa shape index (κ3) is 8.42. The fourth-order valence-corrected chi connectivity index (χ4v) is 4.11. The number of guanidine groups is 1. The summed E-state index contributed by atoms with van der Waals surface area (Å²) in [5.74, 6) is 0.915. The quantitative estimate of drug-likeness (QED) is 0.229. The van der Waals surface area contributed by atoms with Gasteiger partial charge in [0.05, 0.1) is 0 Å². The van der Waals surface area contributed by atoms with Crippen molar-refractivity contribution in [1.29, 1.82) is 0 Å². The standard InChI is InChI=1S/C23H41N5.HI/c1-5-23(6-2,21-12-8-7-9-13-21)20-26-22(24-3)25-14-10-16-28-17-11-15-27(4)18-19-28;/h7-9,12-13H,5-6,10-11,14-20H2,1-4H3,(H2,24,25,26);1H. The van der Waals surface area contributed by atoms with Gasteiger partial charge in [0, 0.05) is 38.6 Å². The molecule has 0 radical (unpaired) electrons. The average Bonchev–Trinajstić information content (AvgIpc) is 2.95. The van der Waals surface area contributed by atoms with Gasteiger partial charge in [-0.25, -0.2) is 0 Å². The molecule has 29 heavy (non-hydrogen) atoms. The van der Waals surface area contributed by atoms with Crippen molar-refractivity contribution in [3.8, 4) is 0 Å². The lowest BCUT2D eigenvalue weighted by molar-refractivity contribution is 0.273. The molecule has 1 saturated heterocycles. The van der Waals surface area contributed by atoms with Crippen molar-refractivity contribution in [2.24, 2.45) is 4.99 Å². The van der Waals surface area contributed by atoms with Gasteiger partial charge in [-0.15, -0.1) is 24.0 Å². The Hall–Kier alpha value is -0.860. The van der Waals surface area contributed by atoms with Crippen molar-refractivity contribution in [2.45, 2.75) is 44.9 Å². The van der Waals surface area contributed by atoms with Gasteiger partial charge in [0.1, 0.15) is 0 Å². The van der Waals surface area contributed by atoms with Crippen molar-refractivity contribution >= 4 is 29.9 Å². The number of hydrogen-bond donors (Lipinski definition) is 2. The van der Waals surface area contributed by atoms with E-state index in [4.69, 9.17) is 0 Å². The monoisotopic (exact) mass is 515 g/mol. The van der Waals surface area contributed by atoms with Crippen LogP contribution in [0.1, 0.15) is 45.1 Å². The summed E-state index contributed by atoms with van der Waals surface area (Å²) in [4.78, 5) is 9.47. The molecule has 1 aliphatic heterocycles. The van der Waals surface area contributed by atoms with E-state index in [-0.39, 0.29) is 29.4 Å². The second-order valence-electron chi connectivity index (χ2n) is 8.06. The zero-order valence-corrected chi connectivity index (χ0v) is 21.2. The van der Waals surface area contributed by atoms with Crippen LogP contribution in [0.4, 0.5) is 0 Å². The zero-order valence-electron chi connectivity index (χ0n) is 18.9. The number of hydrogen-bond acceptors (Lipinski definition) is 3. The zero-order chi connectivity index (χ0) is 20.2. The number of aliphatic imine (C=N–C) groups is 1. The van der Waals surface area contributed by atoms with E-state index in [0.717, 1.165) is 44.9 Å². The average molecular weight is 516 g/mol. The topological polar surface area (TPSA) is 42.9 Å². The van der Waals surface area contributed by atoms with Crippen LogP contribution in [-0.2, 0) is 5.41 Å². The molecule has 2 rings (SSSR count). The third-order valence-electron chi connectivity index (χ3n) is 6.31. The minimum atomic E-state index is 0. The summed E-state index contributed by atoms with van der Waals surface area (Å²) in [6, 6.07) is 10.9. The van der Waals surface area contributed by atoms with Crippen LogP contribution < -0.4 is 10.6 Å². The second-order valence-corrected chi connectivity index (χ2v) is 8.06. The van der Waals surface area contributed by atoms with Crippen LogP contribution in [-0.4, -0.2) is 75.7 Å². The van der Waals surface area contributed by atoms with Gasteiger partial charge in [0.25, 0.3) is 0 Å². The van der Waals surface area contributed by atoms with Crippen molar-refractivity contribution in [3.63, 3.8) is 0 Å². The van der Waals surface area contributed by atoms with Crippen LogP contribution in [0.5, 0.6) is 0 Å². The maximum absolute atomic E-state index is 4.44. The van der Waals surface area contributed by atoms with Gasteiger partial charge in [0.2, 0.25) is 0 Å². The van der Waals surface area contributed by atoms with E-state index in [1.165, 1.54) is 38.2 Å². The van der Waals surface area contributed by atoms with E-state index < -0.39 is 0 Å². The first-order valence-corrected chi connectivity index (χ1v) is 11.0. The first kappa shape index (κ1) is 26.2. The molecule has 0 amide bonds. The lowest BCUT2D eigenvalue weighted by Crippen LogP contribution is -2.46. The predicted molar refractivity (Wildman–Crippen MR) is 137 cm³/mol. The molecule has 2 N–H and O–H groups in total. The molecule has 0 spiro atoms. The summed E-state index contributed by atoms with van der Waals surface area (Å²) >= 11 is 0. The molecule has 1 fully saturated rings. The fraction of sp³-hybridized carbons (Fsp3) is 0.696. The van der Waals surface area contributed by atoms with Crippen LogP contribution >= 0.6 is 24.0 Å². The number of halogens is 1. The Morgan fingerprint density at radius 1 is 1.03 bits per heavy atom. The Morgan fingerprint density at radius 2 is 1.76 bits per heavy atom. The van der Waals surface area contributed by atoms with E-state index in [1.54, 1.807) is 0 Å². The maximum atomic E-state index is 4.44. The molecule has 5 nitrogen and oxygen atoms in total. The van der Waals surface area contributed by atoms with Gasteiger partial charge >= 0.3 is 0 Å². The van der Waals surface area contributed by atoms with Crippen LogP contribution in [0.15, 0.2) is 35.3 Å². The van der Waals surface area contributed by atoms with E-state index >= 15 is 0 Å². The van der Waals surface area contributed by atoms with E-state index in [2.05, 4.69) is 76.7 Å². The summed E-state index contributed by atoms with van der Waals surface area (Å²) in [5.41, 5.74) is 1.56. The van der Waals surface area contributed by atoms with Crippen molar-refractivity contribution in [1.82, 2.24) is 20.4 Å². The maximum Gasteiger partial charge on any atom is 0.191 e. The summed E-state index contributed by atoms with van der Waals surface area (Å²) in [6.45, 7) is 12.4. The lowest BCUT2D eigenvalue weighted by Gasteiger charge is -2.33. The van der Waals surface area contributed by atoms with Crippen LogP contribution in [0.25, 0.3) is 0 Å². The minimum absolute atomic E-state index is 0. The van der Waals surface area contributed by atoms with E-state index in [1.807, 2.05) is 7.05 Å². The summed E-state index contributed by atoms with van der Waals surface area (Å²) in [6.07, 6.45) is 4.65. The molecule has 1 heterocycles. The Kier molecular flexibility index (Phi) is 12.8. The number of nitrogens with zero attached hydrogens (tertiary/aromatic N) is 3. The van der Waals surface area contributed by atoms with Crippen LogP contribution in [0.2, 0.25) is 0 Å². The number of rotatable bonds is 9. The van der Waals surface area contributed by atoms with Crippen molar-refractivity contribution in [3.05, 3.63) is 35.9 Å². The van der Waals surface area contributed by atoms with Gasteiger partial charge in [-0.1, -0.05) is 44.2 Å². The van der Waals surface area contributed by atoms with Gasteiger partial charge in [0.15, 0.2) is 5.96 Å². The second kappa shape index (κ2) is 14.2. The van der Waals surface area contributed by atoms with Gasteiger partial charge in [-0.05, 0) is 57.9 Å². The largest absolute Gasteiger partial charge is 0.356 e. The molecule has 1 aromatic rings. The van der Waals surface area contributed by atoms with Gasteiger partial charge in [-0.2, -0.15) is 0 Å². The molecule has 1 aliphatic rings. The highest BCUT2D eigenvalue weighted by Gasteiger charge is 2.28. The molecule has 0 saturated carbocycles. The first-order chi connectivity index (χ1) is 13.6. The molecular formula is C23H42IN5. The summed E-state index contributed by atoms with van der Waals surface area (Å²) in [5, 5.41) is 7.09. The number of likely N-dealkylation sites (N-methyl/N-ethyl adjacent to an activating group) is 1. The Labute approximate surface area is 195 Å². The van der Waals surface area contributed by atoms with Crippen molar-refractivity contribution < 1.29 is 0 Å². The molecule has 0 aliphatic carbocycles. The molecule has 0 bridgehead atoms. The number of benzene rings is 1. The highest BCUT2D eigenvalue weighted by Crippen LogP contribution is 2.30. The smallest absolute Gasteiger partial charge is 0.191 e. The van der Waals surface area contributed by atoms with Gasteiger partial charge in [-0.3, -0.25) is 4.99 Å². The molecular weight excluding hydrogens is 473 g/mol. The first-order valence-electron chi connectivity index (χ1n) is 11.0. The SMILES string of the molecule is CCC(CC)(CNC(=NC)NCCCN1CCCN(C)CC1)c1ccccc1.I. The summed E-state index contributed by atoms with van der Waals surface area (Å²) in [7, 11) is 4.09. The molecule has 0 aromatic heterocycles. The molecule has 166 valence electrons. The van der Waals surface area contributed by atoms with Crippen LogP contribution in [0, 0.1) is 0 Å². The van der Waals surface area contributed by atoms with Crippen molar-refractivity contribution in [2.75, 3.05) is 59.9 Å². The molecule has 6 heteroatoms. The molecule has 0 atom stereocenters.